The Hall–Kier alpha value is 0.880. The lowest BCUT2D eigenvalue weighted by atomic mass is 10.1. The van der Waals surface area contributed by atoms with Crippen molar-refractivity contribution in [2.75, 3.05) is 23.7 Å². The van der Waals surface area contributed by atoms with E-state index in [2.05, 4.69) is 31.9 Å². The lowest BCUT2D eigenvalue weighted by molar-refractivity contribution is 0.588. The lowest BCUT2D eigenvalue weighted by Crippen LogP contribution is -2.00. The molecule has 2 nitrogen and oxygen atoms in total. The highest BCUT2D eigenvalue weighted by Gasteiger charge is 1.90. The van der Waals surface area contributed by atoms with E-state index in [9.17, 15) is 0 Å². The minimum Gasteiger partial charge on any atom is -0.330 e. The highest BCUT2D eigenvalue weighted by Crippen LogP contribution is 2.09. The number of alkyl halides is 2. The molecule has 0 fully saturated rings. The summed E-state index contributed by atoms with van der Waals surface area (Å²) in [7, 11) is 0. The van der Waals surface area contributed by atoms with Gasteiger partial charge in [0.05, 0.1) is 0 Å². The number of hydrogen-bond acceptors (Lipinski definition) is 2. The van der Waals surface area contributed by atoms with Gasteiger partial charge in [0.2, 0.25) is 0 Å². The summed E-state index contributed by atoms with van der Waals surface area (Å²) in [5.41, 5.74) is 10.6. The molecule has 4 N–H and O–H groups in total. The minimum absolute atomic E-state index is 0.824. The molecule has 0 saturated heterocycles. The molecule has 0 radical (unpaired) electrons. The van der Waals surface area contributed by atoms with Gasteiger partial charge in [-0.05, 0) is 38.8 Å². The van der Waals surface area contributed by atoms with Crippen LogP contribution in [-0.4, -0.2) is 23.7 Å². The van der Waals surface area contributed by atoms with Crippen LogP contribution in [0.2, 0.25) is 0 Å². The van der Waals surface area contributed by atoms with Gasteiger partial charge in [-0.3, -0.25) is 0 Å². The zero-order chi connectivity index (χ0) is 15.3. The molecule has 0 atom stereocenters. The molecule has 0 aliphatic heterocycles. The van der Waals surface area contributed by atoms with E-state index in [1.165, 1.54) is 74.9 Å². The zero-order valence-electron chi connectivity index (χ0n) is 13.2. The Balaban J connectivity index is 0. The molecule has 0 unspecified atom stereocenters. The van der Waals surface area contributed by atoms with E-state index in [4.69, 9.17) is 11.5 Å². The van der Waals surface area contributed by atoms with Crippen molar-refractivity contribution < 1.29 is 0 Å². The summed E-state index contributed by atoms with van der Waals surface area (Å²) in [4.78, 5) is 0. The van der Waals surface area contributed by atoms with E-state index < -0.39 is 0 Å². The fourth-order valence-corrected chi connectivity index (χ4v) is 2.68. The van der Waals surface area contributed by atoms with Gasteiger partial charge in [-0.15, -0.1) is 0 Å². The maximum absolute atomic E-state index is 5.28. The Bertz CT molecular complexity index is 130. The number of halogens is 2. The Morgan fingerprint density at radius 1 is 0.400 bits per heavy atom. The predicted molar refractivity (Wildman–Crippen MR) is 101 cm³/mol. The first-order chi connectivity index (χ1) is 9.83. The van der Waals surface area contributed by atoms with Gasteiger partial charge < -0.3 is 11.5 Å². The SMILES string of the molecule is BrCCCCCCCCCCBr.NCCCCCCN. The first-order valence-corrected chi connectivity index (χ1v) is 10.6. The second kappa shape index (κ2) is 24.9. The second-order valence-corrected chi connectivity index (χ2v) is 6.78. The van der Waals surface area contributed by atoms with Gasteiger partial charge in [0.1, 0.15) is 0 Å². The summed E-state index contributed by atoms with van der Waals surface area (Å²) in [6.07, 6.45) is 16.0. The normalized spacial score (nSPS) is 10.2. The molecule has 0 aromatic rings. The van der Waals surface area contributed by atoms with Gasteiger partial charge in [-0.2, -0.15) is 0 Å². The maximum Gasteiger partial charge on any atom is 0.00313 e. The summed E-state index contributed by atoms with van der Waals surface area (Å²) >= 11 is 6.90. The predicted octanol–water partition coefficient (Wildman–Crippen LogP) is 5.36. The zero-order valence-corrected chi connectivity index (χ0v) is 16.4. The molecule has 0 aliphatic carbocycles. The van der Waals surface area contributed by atoms with Crippen molar-refractivity contribution in [3.63, 3.8) is 0 Å². The average Bonchev–Trinajstić information content (AvgIpc) is 2.47. The third-order valence-electron chi connectivity index (χ3n) is 3.18. The van der Waals surface area contributed by atoms with Crippen LogP contribution in [0, 0.1) is 0 Å². The van der Waals surface area contributed by atoms with E-state index in [0.717, 1.165) is 25.9 Å². The lowest BCUT2D eigenvalue weighted by Gasteiger charge is -1.99. The smallest absolute Gasteiger partial charge is 0.00313 e. The average molecular weight is 416 g/mol. The highest BCUT2D eigenvalue weighted by atomic mass is 79.9. The Kier molecular flexibility index (Phi) is 28.8. The molecule has 20 heavy (non-hydrogen) atoms. The second-order valence-electron chi connectivity index (χ2n) is 5.20. The first kappa shape index (κ1) is 23.2. The number of rotatable bonds is 14. The number of unbranched alkanes of at least 4 members (excludes halogenated alkanes) is 10. The summed E-state index contributed by atoms with van der Waals surface area (Å²) in [5.74, 6) is 0. The van der Waals surface area contributed by atoms with E-state index in [1.807, 2.05) is 0 Å². The van der Waals surface area contributed by atoms with Crippen molar-refractivity contribution in [1.82, 2.24) is 0 Å². The number of hydrogen-bond donors (Lipinski definition) is 2. The van der Waals surface area contributed by atoms with E-state index in [1.54, 1.807) is 0 Å². The van der Waals surface area contributed by atoms with Gasteiger partial charge in [-0.25, -0.2) is 0 Å². The molecule has 0 aliphatic rings. The van der Waals surface area contributed by atoms with Gasteiger partial charge in [0, 0.05) is 10.7 Å². The Labute approximate surface area is 144 Å². The molecule has 0 amide bonds. The van der Waals surface area contributed by atoms with Crippen LogP contribution in [0.25, 0.3) is 0 Å². The topological polar surface area (TPSA) is 52.0 Å². The monoisotopic (exact) mass is 414 g/mol. The molecule has 0 heterocycles. The van der Waals surface area contributed by atoms with Crippen LogP contribution in [0.4, 0.5) is 0 Å². The number of nitrogens with two attached hydrogens (primary N) is 2. The van der Waals surface area contributed by atoms with Gasteiger partial charge in [0.25, 0.3) is 0 Å². The maximum atomic E-state index is 5.28. The molecule has 0 aromatic heterocycles. The third-order valence-corrected chi connectivity index (χ3v) is 4.30. The fourth-order valence-electron chi connectivity index (χ4n) is 1.89. The molecule has 0 bridgehead atoms. The summed E-state index contributed by atoms with van der Waals surface area (Å²) in [5, 5.41) is 2.35. The van der Waals surface area contributed by atoms with Crippen molar-refractivity contribution in [2.24, 2.45) is 11.5 Å². The van der Waals surface area contributed by atoms with Crippen molar-refractivity contribution >= 4 is 31.9 Å². The molecule has 0 aromatic carbocycles. The van der Waals surface area contributed by atoms with Crippen LogP contribution in [0.1, 0.15) is 77.0 Å². The standard InChI is InChI=1S/C10H20Br2.C6H16N2/c11-9-7-5-3-1-2-4-6-8-10-12;7-5-3-1-2-4-6-8/h1-10H2;1-8H2. The van der Waals surface area contributed by atoms with Crippen molar-refractivity contribution in [3.05, 3.63) is 0 Å². The first-order valence-electron chi connectivity index (χ1n) is 8.35. The van der Waals surface area contributed by atoms with Crippen LogP contribution >= 0.6 is 31.9 Å². The van der Waals surface area contributed by atoms with Gasteiger partial charge in [0.15, 0.2) is 0 Å². The van der Waals surface area contributed by atoms with Crippen LogP contribution in [0.15, 0.2) is 0 Å². The van der Waals surface area contributed by atoms with Crippen LogP contribution in [0.3, 0.4) is 0 Å². The van der Waals surface area contributed by atoms with E-state index >= 15 is 0 Å². The molecule has 0 spiro atoms. The molecule has 124 valence electrons. The quantitative estimate of drug-likeness (QED) is 0.296. The summed E-state index contributed by atoms with van der Waals surface area (Å²) in [6.45, 7) is 1.65. The highest BCUT2D eigenvalue weighted by molar-refractivity contribution is 9.09. The van der Waals surface area contributed by atoms with Gasteiger partial charge in [-0.1, -0.05) is 83.2 Å². The largest absolute Gasteiger partial charge is 0.330 e. The van der Waals surface area contributed by atoms with E-state index in [-0.39, 0.29) is 0 Å². The van der Waals surface area contributed by atoms with E-state index in [0.29, 0.717) is 0 Å². The molecule has 0 saturated carbocycles. The minimum atomic E-state index is 0.824. The Morgan fingerprint density at radius 2 is 0.650 bits per heavy atom. The summed E-state index contributed by atoms with van der Waals surface area (Å²) < 4.78 is 0. The van der Waals surface area contributed by atoms with Crippen LogP contribution in [0.5, 0.6) is 0 Å². The summed E-state index contributed by atoms with van der Waals surface area (Å²) in [6, 6.07) is 0. The molecule has 4 heteroatoms. The van der Waals surface area contributed by atoms with Crippen LogP contribution < -0.4 is 11.5 Å². The van der Waals surface area contributed by atoms with Crippen molar-refractivity contribution in [2.45, 2.75) is 77.0 Å². The van der Waals surface area contributed by atoms with Crippen LogP contribution in [-0.2, 0) is 0 Å². The molecular weight excluding hydrogens is 380 g/mol. The molecule has 0 rings (SSSR count). The van der Waals surface area contributed by atoms with Gasteiger partial charge >= 0.3 is 0 Å². The third kappa shape index (κ3) is 27.3. The van der Waals surface area contributed by atoms with Crippen molar-refractivity contribution in [3.8, 4) is 0 Å². The van der Waals surface area contributed by atoms with Crippen molar-refractivity contribution in [1.29, 1.82) is 0 Å². The molecular formula is C16H36Br2N2. The Morgan fingerprint density at radius 3 is 0.900 bits per heavy atom. The fraction of sp³-hybridized carbons (Fsp3) is 1.00.